The monoisotopic (exact) mass is 1080 g/mol. The van der Waals surface area contributed by atoms with Gasteiger partial charge in [-0.25, -0.2) is 4.98 Å². The molecule has 0 aliphatic carbocycles. The van der Waals surface area contributed by atoms with E-state index in [1.165, 1.54) is 33.4 Å². The van der Waals surface area contributed by atoms with Crippen LogP contribution >= 0.6 is 0 Å². The van der Waals surface area contributed by atoms with E-state index < -0.39 is 0 Å². The van der Waals surface area contributed by atoms with Crippen molar-refractivity contribution >= 4 is 21.8 Å². The summed E-state index contributed by atoms with van der Waals surface area (Å²) < 4.78 is 13.3. The molecule has 3 heterocycles. The second kappa shape index (κ2) is 17.8. The molecule has 0 unspecified atom stereocenters. The molecule has 68 heavy (non-hydrogen) atoms. The summed E-state index contributed by atoms with van der Waals surface area (Å²) in [7, 11) is 0. The van der Waals surface area contributed by atoms with Crippen LogP contribution in [0.15, 0.2) is 152 Å². The van der Waals surface area contributed by atoms with Gasteiger partial charge in [-0.05, 0) is 91.0 Å². The average molecular weight is 1080 g/mol. The van der Waals surface area contributed by atoms with Crippen LogP contribution in [0.1, 0.15) is 129 Å². The van der Waals surface area contributed by atoms with E-state index in [9.17, 15) is 0 Å². The number of pyridine rings is 1. The summed E-state index contributed by atoms with van der Waals surface area (Å²) in [5.74, 6) is 2.03. The molecule has 0 N–H and O–H groups in total. The fourth-order valence-corrected chi connectivity index (χ4v) is 9.14. The maximum Gasteiger partial charge on any atom is 0.267 e. The summed E-state index contributed by atoms with van der Waals surface area (Å²) in [6.07, 6.45) is 7.92. The molecular formula is C62H64N4OPt-2. The molecule has 0 bridgehead atoms. The summed E-state index contributed by atoms with van der Waals surface area (Å²) >= 11 is 0. The molecule has 350 valence electrons. The molecule has 0 aliphatic heterocycles. The number of fused-ring (bicyclic) bond motifs is 3. The van der Waals surface area contributed by atoms with E-state index in [1.54, 1.807) is 0 Å². The van der Waals surface area contributed by atoms with E-state index >= 15 is 0 Å². The minimum Gasteiger partial charge on any atom is -0.510 e. The molecule has 9 rings (SSSR count). The van der Waals surface area contributed by atoms with Gasteiger partial charge in [0.1, 0.15) is 5.82 Å². The van der Waals surface area contributed by atoms with Gasteiger partial charge in [0.25, 0.3) is 6.33 Å². The maximum absolute atomic E-state index is 6.72. The SMILES string of the molecule is CC(C)(C)c1cc(-[n+]2[c-]n(-c3[c-]c(Oc4[c-]c5c(cc4)c4cc(C(C)(C)C)ccc4n5-c4cc(C(C)(C)C)ccn4)ccc3)cc2C(C)(C)c2ccccc2)cc(C(C)(C)c2ccccc2)c1.[Pt]. The fraction of sp³-hybridized carbons (Fsp3) is 0.290. The van der Waals surface area contributed by atoms with Gasteiger partial charge in [0, 0.05) is 61.3 Å². The molecule has 0 atom stereocenters. The Morgan fingerprint density at radius 1 is 0.500 bits per heavy atom. The van der Waals surface area contributed by atoms with Crippen LogP contribution < -0.4 is 9.30 Å². The minimum atomic E-state index is -0.387. The van der Waals surface area contributed by atoms with E-state index in [-0.39, 0.29) is 48.1 Å². The number of ether oxygens (including phenoxy) is 1. The largest absolute Gasteiger partial charge is 0.510 e. The van der Waals surface area contributed by atoms with Crippen molar-refractivity contribution in [3.05, 3.63) is 209 Å². The van der Waals surface area contributed by atoms with Crippen LogP contribution in [0.2, 0.25) is 0 Å². The van der Waals surface area contributed by atoms with Crippen LogP contribution in [0, 0.1) is 18.5 Å². The van der Waals surface area contributed by atoms with Gasteiger partial charge in [-0.2, -0.15) is 18.2 Å². The summed E-state index contributed by atoms with van der Waals surface area (Å²) in [5, 5.41) is 2.26. The minimum absolute atomic E-state index is 0. The molecule has 0 saturated heterocycles. The van der Waals surface area contributed by atoms with Crippen LogP contribution in [0.3, 0.4) is 0 Å². The van der Waals surface area contributed by atoms with Gasteiger partial charge >= 0.3 is 0 Å². The van der Waals surface area contributed by atoms with E-state index in [1.807, 2.05) is 24.4 Å². The van der Waals surface area contributed by atoms with Crippen molar-refractivity contribution in [1.29, 1.82) is 0 Å². The Hall–Kier alpha value is -6.03. The van der Waals surface area contributed by atoms with Gasteiger partial charge in [0.05, 0.1) is 11.4 Å². The van der Waals surface area contributed by atoms with Crippen molar-refractivity contribution in [2.45, 2.75) is 117 Å². The second-order valence-corrected chi connectivity index (χ2v) is 22.4. The van der Waals surface area contributed by atoms with E-state index in [0.717, 1.165) is 44.7 Å². The van der Waals surface area contributed by atoms with Gasteiger partial charge in [-0.3, -0.25) is 4.57 Å². The molecule has 0 saturated carbocycles. The third-order valence-electron chi connectivity index (χ3n) is 13.7. The number of imidazole rings is 1. The first kappa shape index (κ1) is 48.4. The Bertz CT molecular complexity index is 3260. The number of benzene rings is 6. The molecule has 0 amide bonds. The normalized spacial score (nSPS) is 12.7. The zero-order chi connectivity index (χ0) is 47.7. The quantitative estimate of drug-likeness (QED) is 0.107. The van der Waals surface area contributed by atoms with Crippen LogP contribution in [0.25, 0.3) is 39.0 Å². The topological polar surface area (TPSA) is 35.9 Å². The Morgan fingerprint density at radius 2 is 1.10 bits per heavy atom. The standard InChI is InChI=1S/C62H64N4O.Pt/c1-58(2,3)44-27-30-54-53(36-44)52-29-28-51(39-55(52)66(54)57-37-45(31-32-63-57)59(4,5)6)67-50-26-20-25-48(38-50)64-40-56(62(12,13)43-23-18-15-19-24-43)65(41-64)49-34-46(60(7,8)9)33-47(35-49)61(10,11)42-21-16-14-17-22-42;/h14-37,40H,1-13H3;/q-2;. The zero-order valence-electron chi connectivity index (χ0n) is 41.9. The number of rotatable bonds is 9. The second-order valence-electron chi connectivity index (χ2n) is 22.4. The van der Waals surface area contributed by atoms with Gasteiger partial charge < -0.3 is 13.9 Å². The molecule has 0 fully saturated rings. The first-order chi connectivity index (χ1) is 31.6. The average Bonchev–Trinajstić information content (AvgIpc) is 3.89. The molecule has 3 aromatic heterocycles. The maximum atomic E-state index is 6.72. The first-order valence-electron chi connectivity index (χ1n) is 23.6. The van der Waals surface area contributed by atoms with Crippen molar-refractivity contribution in [3.63, 3.8) is 0 Å². The Morgan fingerprint density at radius 3 is 1.75 bits per heavy atom. The van der Waals surface area contributed by atoms with E-state index in [2.05, 4.69) is 250 Å². The van der Waals surface area contributed by atoms with Crippen molar-refractivity contribution < 1.29 is 30.4 Å². The van der Waals surface area contributed by atoms with Crippen LogP contribution in [0.5, 0.6) is 11.5 Å². The predicted octanol–water partition coefficient (Wildman–Crippen LogP) is 15.0. The Balaban J connectivity index is 0.00000625. The zero-order valence-corrected chi connectivity index (χ0v) is 44.2. The molecule has 0 radical (unpaired) electrons. The smallest absolute Gasteiger partial charge is 0.267 e. The summed E-state index contributed by atoms with van der Waals surface area (Å²) in [6, 6.07) is 57.2. The molecular weight excluding hydrogens is 1010 g/mol. The van der Waals surface area contributed by atoms with Crippen LogP contribution in [-0.4, -0.2) is 14.1 Å². The summed E-state index contributed by atoms with van der Waals surface area (Å²) in [4.78, 5) is 4.93. The van der Waals surface area contributed by atoms with E-state index in [0.29, 0.717) is 11.5 Å². The van der Waals surface area contributed by atoms with Crippen LogP contribution in [-0.2, 0) is 48.1 Å². The van der Waals surface area contributed by atoms with Gasteiger partial charge in [-0.1, -0.05) is 174 Å². The molecule has 5 nitrogen and oxygen atoms in total. The Labute approximate surface area is 419 Å². The molecule has 0 spiro atoms. The Kier molecular flexibility index (Phi) is 12.7. The van der Waals surface area contributed by atoms with Crippen LogP contribution in [0.4, 0.5) is 0 Å². The van der Waals surface area contributed by atoms with Crippen molar-refractivity contribution in [2.75, 3.05) is 0 Å². The summed E-state index contributed by atoms with van der Waals surface area (Å²) in [5.41, 5.74) is 11.7. The molecule has 6 heteroatoms. The number of hydrogen-bond donors (Lipinski definition) is 0. The number of hydrogen-bond acceptors (Lipinski definition) is 2. The predicted molar refractivity (Wildman–Crippen MR) is 276 cm³/mol. The molecule has 0 aliphatic rings. The number of nitrogens with zero attached hydrogens (tertiary/aromatic N) is 4. The van der Waals surface area contributed by atoms with Crippen molar-refractivity contribution in [1.82, 2.24) is 14.1 Å². The van der Waals surface area contributed by atoms with Crippen molar-refractivity contribution in [3.8, 4) is 28.7 Å². The van der Waals surface area contributed by atoms with Gasteiger partial charge in [0.15, 0.2) is 0 Å². The van der Waals surface area contributed by atoms with Crippen molar-refractivity contribution in [2.24, 2.45) is 0 Å². The third-order valence-corrected chi connectivity index (χ3v) is 13.7. The molecule has 6 aromatic carbocycles. The first-order valence-corrected chi connectivity index (χ1v) is 23.6. The van der Waals surface area contributed by atoms with E-state index in [4.69, 9.17) is 9.72 Å². The summed E-state index contributed by atoms with van der Waals surface area (Å²) in [6.45, 7) is 29.6. The van der Waals surface area contributed by atoms with Gasteiger partial charge in [0.2, 0.25) is 0 Å². The van der Waals surface area contributed by atoms with Gasteiger partial charge in [-0.15, -0.1) is 29.7 Å². The molecule has 9 aromatic rings. The number of aromatic nitrogens is 4. The third kappa shape index (κ3) is 9.27. The fourth-order valence-electron chi connectivity index (χ4n) is 9.14.